The second kappa shape index (κ2) is 4.05. The van der Waals surface area contributed by atoms with Crippen LogP contribution in [-0.4, -0.2) is 16.8 Å². The molecular formula is C14H16O2S. The maximum atomic E-state index is 11.2. The Bertz CT molecular complexity index is 430. The number of rotatable bonds is 5. The highest BCUT2D eigenvalue weighted by molar-refractivity contribution is 7.99. The molecule has 0 radical (unpaired) electrons. The second-order valence-corrected chi connectivity index (χ2v) is 6.26. The Balaban J connectivity index is 1.69. The molecular weight excluding hydrogens is 232 g/mol. The van der Waals surface area contributed by atoms with Crippen molar-refractivity contribution in [3.63, 3.8) is 0 Å². The lowest BCUT2D eigenvalue weighted by molar-refractivity contribution is -0.140. The Labute approximate surface area is 105 Å². The van der Waals surface area contributed by atoms with Crippen molar-refractivity contribution in [1.82, 2.24) is 0 Å². The van der Waals surface area contributed by atoms with Crippen molar-refractivity contribution in [2.75, 3.05) is 5.75 Å². The second-order valence-electron chi connectivity index (χ2n) is 5.17. The third-order valence-corrected chi connectivity index (χ3v) is 4.99. The van der Waals surface area contributed by atoms with Crippen LogP contribution < -0.4 is 0 Å². The smallest absolute Gasteiger partial charge is 0.314 e. The molecule has 0 heterocycles. The number of hydrogen-bond donors (Lipinski definition) is 1. The fraction of sp³-hybridized carbons (Fsp3) is 0.500. The molecule has 1 aromatic carbocycles. The Kier molecular flexibility index (Phi) is 2.66. The molecule has 2 aliphatic carbocycles. The fourth-order valence-corrected chi connectivity index (χ4v) is 3.21. The maximum Gasteiger partial charge on any atom is 0.314 e. The van der Waals surface area contributed by atoms with Gasteiger partial charge in [-0.1, -0.05) is 12.1 Å². The minimum absolute atomic E-state index is 0.556. The monoisotopic (exact) mass is 248 g/mol. The molecule has 1 N–H and O–H groups in total. The van der Waals surface area contributed by atoms with Crippen molar-refractivity contribution >= 4 is 17.7 Å². The van der Waals surface area contributed by atoms with Gasteiger partial charge in [-0.15, -0.1) is 11.8 Å². The first-order chi connectivity index (χ1) is 8.21. The Morgan fingerprint density at radius 2 is 1.94 bits per heavy atom. The van der Waals surface area contributed by atoms with E-state index in [4.69, 9.17) is 0 Å². The van der Waals surface area contributed by atoms with Gasteiger partial charge in [0.05, 0.1) is 5.41 Å². The fourth-order valence-electron chi connectivity index (χ4n) is 2.12. The summed E-state index contributed by atoms with van der Waals surface area (Å²) >= 11 is 1.89. The summed E-state index contributed by atoms with van der Waals surface area (Å²) in [7, 11) is 0. The van der Waals surface area contributed by atoms with Gasteiger partial charge in [0, 0.05) is 10.6 Å². The molecule has 0 aliphatic heterocycles. The van der Waals surface area contributed by atoms with Gasteiger partial charge in [0.2, 0.25) is 0 Å². The van der Waals surface area contributed by atoms with Crippen LogP contribution in [0.15, 0.2) is 29.2 Å². The molecule has 90 valence electrons. The van der Waals surface area contributed by atoms with Gasteiger partial charge in [-0.2, -0.15) is 0 Å². The molecule has 3 rings (SSSR count). The Morgan fingerprint density at radius 3 is 2.41 bits per heavy atom. The SMILES string of the molecule is O=C(O)C1(c2ccc(SCC3CC3)cc2)CC1. The number of benzene rings is 1. The Morgan fingerprint density at radius 1 is 1.29 bits per heavy atom. The van der Waals surface area contributed by atoms with E-state index in [9.17, 15) is 9.90 Å². The van der Waals surface area contributed by atoms with Crippen LogP contribution in [0.1, 0.15) is 31.2 Å². The average molecular weight is 248 g/mol. The standard InChI is InChI=1S/C14H16O2S/c15-13(16)14(7-8-14)11-3-5-12(6-4-11)17-9-10-1-2-10/h3-6,10H,1-2,7-9H2,(H,15,16). The first-order valence-electron chi connectivity index (χ1n) is 6.17. The van der Waals surface area contributed by atoms with Crippen LogP contribution in [0.2, 0.25) is 0 Å². The summed E-state index contributed by atoms with van der Waals surface area (Å²) in [5.74, 6) is 1.47. The Hall–Kier alpha value is -0.960. The van der Waals surface area contributed by atoms with Crippen LogP contribution in [-0.2, 0) is 10.2 Å². The average Bonchev–Trinajstić information content (AvgIpc) is 3.20. The zero-order valence-electron chi connectivity index (χ0n) is 9.69. The van der Waals surface area contributed by atoms with Gasteiger partial charge >= 0.3 is 5.97 Å². The predicted octanol–water partition coefficient (Wildman–Crippen LogP) is 3.30. The number of hydrogen-bond acceptors (Lipinski definition) is 2. The summed E-state index contributed by atoms with van der Waals surface area (Å²) in [6.45, 7) is 0. The van der Waals surface area contributed by atoms with Crippen LogP contribution in [0.5, 0.6) is 0 Å². The van der Waals surface area contributed by atoms with Crippen molar-refractivity contribution in [2.45, 2.75) is 36.0 Å². The van der Waals surface area contributed by atoms with Crippen LogP contribution in [0.4, 0.5) is 0 Å². The molecule has 0 bridgehead atoms. The minimum Gasteiger partial charge on any atom is -0.481 e. The number of carboxylic acids is 1. The van der Waals surface area contributed by atoms with Crippen LogP contribution in [0.25, 0.3) is 0 Å². The summed E-state index contributed by atoms with van der Waals surface area (Å²) in [6, 6.07) is 8.14. The summed E-state index contributed by atoms with van der Waals surface area (Å²) in [6.07, 6.45) is 4.34. The summed E-state index contributed by atoms with van der Waals surface area (Å²) < 4.78 is 0. The molecule has 17 heavy (non-hydrogen) atoms. The van der Waals surface area contributed by atoms with Crippen LogP contribution in [0, 0.1) is 5.92 Å². The molecule has 0 aromatic heterocycles. The first kappa shape index (κ1) is 11.1. The molecule has 0 atom stereocenters. The third kappa shape index (κ3) is 2.21. The van der Waals surface area contributed by atoms with E-state index in [0.717, 1.165) is 24.3 Å². The van der Waals surface area contributed by atoms with Gasteiger partial charge in [-0.25, -0.2) is 0 Å². The first-order valence-corrected chi connectivity index (χ1v) is 7.16. The van der Waals surface area contributed by atoms with E-state index in [1.165, 1.54) is 23.5 Å². The molecule has 3 heteroatoms. The molecule has 1 aromatic rings. The summed E-state index contributed by atoms with van der Waals surface area (Å²) in [5.41, 5.74) is 0.417. The number of carboxylic acid groups (broad SMARTS) is 1. The molecule has 2 aliphatic rings. The molecule has 0 amide bonds. The van der Waals surface area contributed by atoms with Crippen molar-refractivity contribution in [2.24, 2.45) is 5.92 Å². The van der Waals surface area contributed by atoms with Crippen molar-refractivity contribution in [3.8, 4) is 0 Å². The largest absolute Gasteiger partial charge is 0.481 e. The molecule has 2 saturated carbocycles. The topological polar surface area (TPSA) is 37.3 Å². The molecule has 0 unspecified atom stereocenters. The van der Waals surface area contributed by atoms with Crippen LogP contribution in [0.3, 0.4) is 0 Å². The molecule has 2 nitrogen and oxygen atoms in total. The number of carbonyl (C=O) groups is 1. The van der Waals surface area contributed by atoms with Crippen molar-refractivity contribution in [1.29, 1.82) is 0 Å². The van der Waals surface area contributed by atoms with Crippen molar-refractivity contribution < 1.29 is 9.90 Å². The molecule has 2 fully saturated rings. The van der Waals surface area contributed by atoms with Gasteiger partial charge in [-0.3, -0.25) is 4.79 Å². The van der Waals surface area contributed by atoms with E-state index in [1.807, 2.05) is 23.9 Å². The lowest BCUT2D eigenvalue weighted by Crippen LogP contribution is -2.19. The normalized spacial score (nSPS) is 21.2. The van der Waals surface area contributed by atoms with E-state index in [1.54, 1.807) is 0 Å². The van der Waals surface area contributed by atoms with Crippen LogP contribution >= 0.6 is 11.8 Å². The van der Waals surface area contributed by atoms with E-state index in [2.05, 4.69) is 12.1 Å². The zero-order chi connectivity index (χ0) is 11.9. The van der Waals surface area contributed by atoms with Gasteiger partial charge in [0.1, 0.15) is 0 Å². The molecule has 0 spiro atoms. The van der Waals surface area contributed by atoms with Gasteiger partial charge in [-0.05, 0) is 49.3 Å². The minimum atomic E-state index is -0.670. The van der Waals surface area contributed by atoms with Crippen molar-refractivity contribution in [3.05, 3.63) is 29.8 Å². The van der Waals surface area contributed by atoms with E-state index < -0.39 is 11.4 Å². The highest BCUT2D eigenvalue weighted by Gasteiger charge is 2.51. The zero-order valence-corrected chi connectivity index (χ0v) is 10.5. The predicted molar refractivity (Wildman–Crippen MR) is 68.4 cm³/mol. The highest BCUT2D eigenvalue weighted by atomic mass is 32.2. The summed E-state index contributed by atoms with van der Waals surface area (Å²) in [4.78, 5) is 12.5. The maximum absolute atomic E-state index is 11.2. The van der Waals surface area contributed by atoms with E-state index in [0.29, 0.717) is 0 Å². The number of thioether (sulfide) groups is 1. The van der Waals surface area contributed by atoms with Gasteiger partial charge in [0.25, 0.3) is 0 Å². The van der Waals surface area contributed by atoms with E-state index in [-0.39, 0.29) is 0 Å². The summed E-state index contributed by atoms with van der Waals surface area (Å²) in [5, 5.41) is 9.21. The highest BCUT2D eigenvalue weighted by Crippen LogP contribution is 2.48. The third-order valence-electron chi connectivity index (χ3n) is 3.75. The quantitative estimate of drug-likeness (QED) is 0.812. The number of aliphatic carboxylic acids is 1. The molecule has 0 saturated heterocycles. The van der Waals surface area contributed by atoms with E-state index >= 15 is 0 Å². The van der Waals surface area contributed by atoms with Gasteiger partial charge in [0.15, 0.2) is 0 Å². The van der Waals surface area contributed by atoms with Gasteiger partial charge < -0.3 is 5.11 Å². The lowest BCUT2D eigenvalue weighted by atomic mass is 9.96. The lowest BCUT2D eigenvalue weighted by Gasteiger charge is -2.10.